The van der Waals surface area contributed by atoms with E-state index < -0.39 is 23.7 Å². The Morgan fingerprint density at radius 3 is 2.54 bits per heavy atom. The van der Waals surface area contributed by atoms with Gasteiger partial charge in [-0.15, -0.1) is 0 Å². The maximum Gasteiger partial charge on any atom is 0.309 e. The van der Waals surface area contributed by atoms with Gasteiger partial charge in [0.1, 0.15) is 11.5 Å². The van der Waals surface area contributed by atoms with Crippen molar-refractivity contribution in [3.63, 3.8) is 0 Å². The van der Waals surface area contributed by atoms with E-state index in [1.807, 2.05) is 30.3 Å². The molecule has 1 fully saturated rings. The van der Waals surface area contributed by atoms with Gasteiger partial charge < -0.3 is 15.2 Å². The molecule has 6 nitrogen and oxygen atoms in total. The number of benzene rings is 1. The smallest absolute Gasteiger partial charge is 0.309 e. The van der Waals surface area contributed by atoms with Crippen LogP contribution in [0.1, 0.15) is 48.7 Å². The first kappa shape index (κ1) is 16.2. The molecule has 1 unspecified atom stereocenters. The molecule has 126 valence electrons. The molecule has 0 radical (unpaired) electrons. The van der Waals surface area contributed by atoms with Crippen molar-refractivity contribution in [1.29, 1.82) is 0 Å². The third-order valence-corrected chi connectivity index (χ3v) is 4.63. The zero-order chi connectivity index (χ0) is 17.1. The maximum atomic E-state index is 12.1. The van der Waals surface area contributed by atoms with Crippen LogP contribution < -0.4 is 5.56 Å². The summed E-state index contributed by atoms with van der Waals surface area (Å²) >= 11 is 0. The van der Waals surface area contributed by atoms with Gasteiger partial charge in [-0.2, -0.15) is 0 Å². The Morgan fingerprint density at radius 2 is 1.92 bits per heavy atom. The lowest BCUT2D eigenvalue weighted by atomic mass is 9.84. The molecule has 1 aromatic carbocycles. The summed E-state index contributed by atoms with van der Waals surface area (Å²) in [5, 5.41) is 18.8. The number of hydrogen-bond donors (Lipinski definition) is 3. The second-order valence-electron chi connectivity index (χ2n) is 6.25. The third kappa shape index (κ3) is 3.32. The van der Waals surface area contributed by atoms with Crippen LogP contribution in [0.25, 0.3) is 0 Å². The second kappa shape index (κ2) is 6.86. The summed E-state index contributed by atoms with van der Waals surface area (Å²) < 4.78 is 0. The molecule has 1 aliphatic rings. The largest absolute Gasteiger partial charge is 0.502 e. The number of aromatic hydroxyl groups is 1. The van der Waals surface area contributed by atoms with Gasteiger partial charge in [-0.3, -0.25) is 9.59 Å². The Hall–Kier alpha value is -2.63. The van der Waals surface area contributed by atoms with Crippen molar-refractivity contribution in [3.8, 4) is 5.75 Å². The molecule has 6 heteroatoms. The lowest BCUT2D eigenvalue weighted by Gasteiger charge is -2.23. The lowest BCUT2D eigenvalue weighted by molar-refractivity contribution is -0.136. The maximum absolute atomic E-state index is 12.1. The van der Waals surface area contributed by atoms with Crippen LogP contribution in [0.15, 0.2) is 35.1 Å². The van der Waals surface area contributed by atoms with Crippen molar-refractivity contribution in [2.45, 2.75) is 38.0 Å². The summed E-state index contributed by atoms with van der Waals surface area (Å²) in [5.74, 6) is -1.06. The molecule has 1 saturated carbocycles. The fraction of sp³-hybridized carbons (Fsp3) is 0.389. The number of carbonyl (C=O) groups is 1. The number of nitrogens with zero attached hydrogens (tertiary/aromatic N) is 1. The predicted octanol–water partition coefficient (Wildman–Crippen LogP) is 2.42. The van der Waals surface area contributed by atoms with Crippen LogP contribution >= 0.6 is 0 Å². The molecular formula is C18H20N2O4. The van der Waals surface area contributed by atoms with E-state index in [1.165, 1.54) is 0 Å². The summed E-state index contributed by atoms with van der Waals surface area (Å²) in [6.45, 7) is 0. The van der Waals surface area contributed by atoms with Crippen LogP contribution in [0.4, 0.5) is 0 Å². The lowest BCUT2D eigenvalue weighted by Crippen LogP contribution is -2.22. The number of rotatable bonds is 5. The molecule has 0 saturated heterocycles. The van der Waals surface area contributed by atoms with Crippen molar-refractivity contribution in [2.24, 2.45) is 5.92 Å². The number of H-pyrrole nitrogens is 1. The highest BCUT2D eigenvalue weighted by Crippen LogP contribution is 2.40. The Morgan fingerprint density at radius 1 is 1.25 bits per heavy atom. The minimum atomic E-state index is -1.13. The Balaban J connectivity index is 2.09. The van der Waals surface area contributed by atoms with Gasteiger partial charge >= 0.3 is 5.97 Å². The number of nitrogens with one attached hydrogen (secondary N) is 1. The number of carboxylic acid groups (broad SMARTS) is 1. The number of carboxylic acids is 1. The van der Waals surface area contributed by atoms with Crippen molar-refractivity contribution in [2.75, 3.05) is 0 Å². The van der Waals surface area contributed by atoms with E-state index in [0.717, 1.165) is 31.2 Å². The van der Waals surface area contributed by atoms with E-state index in [2.05, 4.69) is 9.97 Å². The first-order chi connectivity index (χ1) is 11.6. The normalized spacial score (nSPS) is 16.2. The van der Waals surface area contributed by atoms with E-state index >= 15 is 0 Å². The minimum absolute atomic E-state index is 0.0832. The number of aliphatic carboxylic acids is 1. The van der Waals surface area contributed by atoms with Crippen molar-refractivity contribution < 1.29 is 15.0 Å². The molecule has 24 heavy (non-hydrogen) atoms. The molecule has 1 aromatic heterocycles. The average molecular weight is 328 g/mol. The third-order valence-electron chi connectivity index (χ3n) is 4.63. The first-order valence-electron chi connectivity index (χ1n) is 8.15. The Kier molecular flexibility index (Phi) is 4.64. The number of aromatic amines is 1. The Labute approximate surface area is 139 Å². The molecule has 2 aromatic rings. The minimum Gasteiger partial charge on any atom is -0.502 e. The summed E-state index contributed by atoms with van der Waals surface area (Å²) in [4.78, 5) is 30.0. The van der Waals surface area contributed by atoms with Gasteiger partial charge in [0.2, 0.25) is 5.75 Å². The van der Waals surface area contributed by atoms with Gasteiger partial charge in [0.25, 0.3) is 5.56 Å². The van der Waals surface area contributed by atoms with Gasteiger partial charge in [0.15, 0.2) is 0 Å². The summed E-state index contributed by atoms with van der Waals surface area (Å²) in [6, 6.07) is 9.79. The predicted molar refractivity (Wildman–Crippen MR) is 88.1 cm³/mol. The Bertz CT molecular complexity index is 779. The van der Waals surface area contributed by atoms with Crippen LogP contribution in [0.5, 0.6) is 5.75 Å². The number of hydrogen-bond acceptors (Lipinski definition) is 4. The summed E-state index contributed by atoms with van der Waals surface area (Å²) in [7, 11) is 0. The van der Waals surface area contributed by atoms with Crippen molar-refractivity contribution in [1.82, 2.24) is 9.97 Å². The molecule has 0 spiro atoms. The monoisotopic (exact) mass is 328 g/mol. The van der Waals surface area contributed by atoms with Gasteiger partial charge in [-0.25, -0.2) is 4.98 Å². The van der Waals surface area contributed by atoms with Gasteiger partial charge in [0.05, 0.1) is 6.42 Å². The SMILES string of the molecule is O=C(O)Cc1nc(C(c2ccccc2)C2CCCC2)[nH]c(=O)c1O. The van der Waals surface area contributed by atoms with E-state index in [1.54, 1.807) is 0 Å². The van der Waals surface area contributed by atoms with E-state index in [9.17, 15) is 14.7 Å². The highest BCUT2D eigenvalue weighted by Gasteiger charge is 2.30. The quantitative estimate of drug-likeness (QED) is 0.782. The highest BCUT2D eigenvalue weighted by atomic mass is 16.4. The van der Waals surface area contributed by atoms with Crippen LogP contribution in [0, 0.1) is 5.92 Å². The zero-order valence-corrected chi connectivity index (χ0v) is 13.2. The molecule has 1 heterocycles. The average Bonchev–Trinajstić information content (AvgIpc) is 3.07. The van der Waals surface area contributed by atoms with E-state index in [-0.39, 0.29) is 11.6 Å². The first-order valence-corrected chi connectivity index (χ1v) is 8.15. The van der Waals surface area contributed by atoms with Crippen LogP contribution in [-0.2, 0) is 11.2 Å². The summed E-state index contributed by atoms with van der Waals surface area (Å²) in [6.07, 6.45) is 3.88. The zero-order valence-electron chi connectivity index (χ0n) is 13.2. The summed E-state index contributed by atoms with van der Waals surface area (Å²) in [5.41, 5.74) is 0.273. The molecule has 1 atom stereocenters. The van der Waals surface area contributed by atoms with Crippen molar-refractivity contribution >= 4 is 5.97 Å². The fourth-order valence-corrected chi connectivity index (χ4v) is 3.55. The standard InChI is InChI=1S/C18H20N2O4/c21-14(22)10-13-16(23)18(24)20-17(19-13)15(12-8-4-5-9-12)11-6-2-1-3-7-11/h1-3,6-7,12,15,23H,4-5,8-10H2,(H,21,22)(H,19,20,24). The molecule has 1 aliphatic carbocycles. The van der Waals surface area contributed by atoms with Crippen LogP contribution in [0.2, 0.25) is 0 Å². The molecular weight excluding hydrogens is 308 g/mol. The molecule has 0 aliphatic heterocycles. The van der Waals surface area contributed by atoms with Crippen LogP contribution in [-0.4, -0.2) is 26.2 Å². The van der Waals surface area contributed by atoms with E-state index in [4.69, 9.17) is 5.11 Å². The highest BCUT2D eigenvalue weighted by molar-refractivity contribution is 5.70. The number of aromatic nitrogens is 2. The van der Waals surface area contributed by atoms with E-state index in [0.29, 0.717) is 11.7 Å². The van der Waals surface area contributed by atoms with Gasteiger partial charge in [-0.05, 0) is 24.3 Å². The van der Waals surface area contributed by atoms with Gasteiger partial charge in [-0.1, -0.05) is 43.2 Å². The molecule has 3 N–H and O–H groups in total. The second-order valence-corrected chi connectivity index (χ2v) is 6.25. The van der Waals surface area contributed by atoms with Gasteiger partial charge in [0, 0.05) is 5.92 Å². The van der Waals surface area contributed by atoms with Crippen LogP contribution in [0.3, 0.4) is 0 Å². The molecule has 0 amide bonds. The fourth-order valence-electron chi connectivity index (χ4n) is 3.55. The molecule has 3 rings (SSSR count). The topological polar surface area (TPSA) is 103 Å². The molecule has 0 bridgehead atoms. The van der Waals surface area contributed by atoms with Crippen molar-refractivity contribution in [3.05, 3.63) is 57.8 Å².